The van der Waals surface area contributed by atoms with Crippen LogP contribution < -0.4 is 0 Å². The first-order valence-corrected chi connectivity index (χ1v) is 5.08. The lowest BCUT2D eigenvalue weighted by molar-refractivity contribution is -0.157. The van der Waals surface area contributed by atoms with E-state index >= 15 is 0 Å². The summed E-state index contributed by atoms with van der Waals surface area (Å²) in [6.07, 6.45) is 3.81. The Hall–Kier alpha value is -0.120. The van der Waals surface area contributed by atoms with Gasteiger partial charge in [0.2, 0.25) is 0 Å². The van der Waals surface area contributed by atoms with Crippen LogP contribution in [0, 0.1) is 5.92 Å². The molecular weight excluding hydrogens is 168 g/mol. The molecule has 0 spiro atoms. The van der Waals surface area contributed by atoms with Gasteiger partial charge in [0.1, 0.15) is 0 Å². The van der Waals surface area contributed by atoms with Crippen LogP contribution in [-0.2, 0) is 9.47 Å². The van der Waals surface area contributed by atoms with Gasteiger partial charge < -0.3 is 14.6 Å². The van der Waals surface area contributed by atoms with E-state index in [4.69, 9.17) is 9.47 Å². The highest BCUT2D eigenvalue weighted by Crippen LogP contribution is 2.46. The van der Waals surface area contributed by atoms with Crippen LogP contribution in [0.1, 0.15) is 25.7 Å². The summed E-state index contributed by atoms with van der Waals surface area (Å²) in [4.78, 5) is 0. The van der Waals surface area contributed by atoms with E-state index in [1.165, 1.54) is 12.8 Å². The van der Waals surface area contributed by atoms with Crippen molar-refractivity contribution in [3.8, 4) is 0 Å². The van der Waals surface area contributed by atoms with Gasteiger partial charge >= 0.3 is 0 Å². The zero-order chi connectivity index (χ0) is 9.31. The number of hydrogen-bond acceptors (Lipinski definition) is 3. The Labute approximate surface area is 79.0 Å². The first kappa shape index (κ1) is 9.44. The van der Waals surface area contributed by atoms with E-state index in [0.717, 1.165) is 12.8 Å². The number of aliphatic hydroxyl groups excluding tert-OH is 1. The molecule has 2 fully saturated rings. The average Bonchev–Trinajstić information content (AvgIpc) is 2.86. The second kappa shape index (κ2) is 3.56. The van der Waals surface area contributed by atoms with E-state index in [1.807, 2.05) is 0 Å². The fourth-order valence-electron chi connectivity index (χ4n) is 2.31. The minimum absolute atomic E-state index is 0.160. The van der Waals surface area contributed by atoms with Crippen LogP contribution in [0.3, 0.4) is 0 Å². The molecule has 0 aromatic carbocycles. The van der Waals surface area contributed by atoms with Crippen LogP contribution in [0.15, 0.2) is 0 Å². The third-order valence-electron chi connectivity index (χ3n) is 3.13. The number of methoxy groups -OCH3 is 1. The Morgan fingerprint density at radius 3 is 2.77 bits per heavy atom. The third kappa shape index (κ3) is 1.87. The van der Waals surface area contributed by atoms with Gasteiger partial charge in [-0.3, -0.25) is 0 Å². The van der Waals surface area contributed by atoms with Crippen molar-refractivity contribution in [3.63, 3.8) is 0 Å². The largest absolute Gasteiger partial charge is 0.393 e. The van der Waals surface area contributed by atoms with Crippen molar-refractivity contribution in [2.45, 2.75) is 37.4 Å². The minimum Gasteiger partial charge on any atom is -0.393 e. The van der Waals surface area contributed by atoms with Crippen molar-refractivity contribution in [1.29, 1.82) is 0 Å². The standard InChI is InChI=1S/C10H18O3/c1-12-7-10(8-2-3-8)6-9(11)4-5-13-10/h8-9,11H,2-7H2,1H3. The van der Waals surface area contributed by atoms with E-state index < -0.39 is 0 Å². The Morgan fingerprint density at radius 1 is 1.46 bits per heavy atom. The fourth-order valence-corrected chi connectivity index (χ4v) is 2.31. The molecule has 0 aromatic heterocycles. The maximum absolute atomic E-state index is 9.61. The molecule has 2 aliphatic rings. The molecule has 2 atom stereocenters. The van der Waals surface area contributed by atoms with E-state index in [0.29, 0.717) is 19.1 Å². The van der Waals surface area contributed by atoms with Crippen LogP contribution in [0.25, 0.3) is 0 Å². The fraction of sp³-hybridized carbons (Fsp3) is 1.00. The predicted octanol–water partition coefficient (Wildman–Crippen LogP) is 0.953. The molecule has 1 saturated heterocycles. The van der Waals surface area contributed by atoms with E-state index in [-0.39, 0.29) is 11.7 Å². The Kier molecular flexibility index (Phi) is 2.58. The van der Waals surface area contributed by atoms with Crippen molar-refractivity contribution >= 4 is 0 Å². The number of ether oxygens (including phenoxy) is 2. The van der Waals surface area contributed by atoms with Crippen molar-refractivity contribution < 1.29 is 14.6 Å². The molecule has 1 aliphatic heterocycles. The predicted molar refractivity (Wildman–Crippen MR) is 48.5 cm³/mol. The Morgan fingerprint density at radius 2 is 2.23 bits per heavy atom. The lowest BCUT2D eigenvalue weighted by Gasteiger charge is -2.39. The summed E-state index contributed by atoms with van der Waals surface area (Å²) in [6.45, 7) is 1.32. The topological polar surface area (TPSA) is 38.7 Å². The molecule has 1 heterocycles. The monoisotopic (exact) mass is 186 g/mol. The SMILES string of the molecule is COCC1(C2CC2)CC(O)CCO1. The summed E-state index contributed by atoms with van der Waals surface area (Å²) in [5, 5.41) is 9.61. The molecule has 0 radical (unpaired) electrons. The average molecular weight is 186 g/mol. The van der Waals surface area contributed by atoms with Gasteiger partial charge in [-0.1, -0.05) is 0 Å². The minimum atomic E-state index is -0.190. The molecule has 3 nitrogen and oxygen atoms in total. The number of aliphatic hydroxyl groups is 1. The molecule has 0 aromatic rings. The molecule has 0 amide bonds. The molecule has 1 aliphatic carbocycles. The van der Waals surface area contributed by atoms with Gasteiger partial charge in [-0.2, -0.15) is 0 Å². The van der Waals surface area contributed by atoms with E-state index in [9.17, 15) is 5.11 Å². The van der Waals surface area contributed by atoms with Gasteiger partial charge in [0, 0.05) is 20.1 Å². The van der Waals surface area contributed by atoms with Gasteiger partial charge in [-0.15, -0.1) is 0 Å². The molecule has 2 unspecified atom stereocenters. The van der Waals surface area contributed by atoms with Crippen molar-refractivity contribution in [3.05, 3.63) is 0 Å². The molecule has 1 N–H and O–H groups in total. The number of rotatable bonds is 3. The number of hydrogen-bond donors (Lipinski definition) is 1. The van der Waals surface area contributed by atoms with Gasteiger partial charge in [-0.25, -0.2) is 0 Å². The normalized spacial score (nSPS) is 40.6. The van der Waals surface area contributed by atoms with Gasteiger partial charge in [0.15, 0.2) is 0 Å². The Bertz CT molecular complexity index is 175. The molecule has 76 valence electrons. The molecule has 13 heavy (non-hydrogen) atoms. The molecule has 2 rings (SSSR count). The molecule has 0 bridgehead atoms. The highest BCUT2D eigenvalue weighted by atomic mass is 16.5. The first-order chi connectivity index (χ1) is 6.27. The van der Waals surface area contributed by atoms with Gasteiger partial charge in [0.05, 0.1) is 18.3 Å². The maximum atomic E-state index is 9.61. The highest BCUT2D eigenvalue weighted by molar-refractivity contribution is 4.99. The van der Waals surface area contributed by atoms with Crippen LogP contribution in [-0.4, -0.2) is 37.1 Å². The van der Waals surface area contributed by atoms with Crippen LogP contribution in [0.4, 0.5) is 0 Å². The second-order valence-electron chi connectivity index (χ2n) is 4.27. The van der Waals surface area contributed by atoms with Crippen LogP contribution in [0.2, 0.25) is 0 Å². The van der Waals surface area contributed by atoms with Crippen LogP contribution in [0.5, 0.6) is 0 Å². The molecular formula is C10H18O3. The van der Waals surface area contributed by atoms with Crippen molar-refractivity contribution in [2.24, 2.45) is 5.92 Å². The molecule has 1 saturated carbocycles. The highest BCUT2D eigenvalue weighted by Gasteiger charge is 2.49. The summed E-state index contributed by atoms with van der Waals surface area (Å²) >= 11 is 0. The summed E-state index contributed by atoms with van der Waals surface area (Å²) < 4.78 is 11.0. The quantitative estimate of drug-likeness (QED) is 0.713. The van der Waals surface area contributed by atoms with Crippen molar-refractivity contribution in [2.75, 3.05) is 20.3 Å². The zero-order valence-electron chi connectivity index (χ0n) is 8.16. The second-order valence-corrected chi connectivity index (χ2v) is 4.27. The summed E-state index contributed by atoms with van der Waals surface area (Å²) in [5.74, 6) is 0.627. The maximum Gasteiger partial charge on any atom is 0.0967 e. The van der Waals surface area contributed by atoms with Gasteiger partial charge in [0.25, 0.3) is 0 Å². The summed E-state index contributed by atoms with van der Waals surface area (Å²) in [5.41, 5.74) is -0.160. The third-order valence-corrected chi connectivity index (χ3v) is 3.13. The van der Waals surface area contributed by atoms with Crippen molar-refractivity contribution in [1.82, 2.24) is 0 Å². The van der Waals surface area contributed by atoms with E-state index in [1.54, 1.807) is 7.11 Å². The van der Waals surface area contributed by atoms with Crippen LogP contribution >= 0.6 is 0 Å². The lowest BCUT2D eigenvalue weighted by atomic mass is 9.88. The lowest BCUT2D eigenvalue weighted by Crippen LogP contribution is -2.47. The first-order valence-electron chi connectivity index (χ1n) is 5.08. The smallest absolute Gasteiger partial charge is 0.0967 e. The summed E-state index contributed by atoms with van der Waals surface area (Å²) in [7, 11) is 1.70. The zero-order valence-corrected chi connectivity index (χ0v) is 8.16. The van der Waals surface area contributed by atoms with E-state index in [2.05, 4.69) is 0 Å². The summed E-state index contributed by atoms with van der Waals surface area (Å²) in [6, 6.07) is 0. The van der Waals surface area contributed by atoms with Gasteiger partial charge in [-0.05, 0) is 25.2 Å². The molecule has 3 heteroatoms. The Balaban J connectivity index is 2.02.